The van der Waals surface area contributed by atoms with Crippen LogP contribution in [-0.4, -0.2) is 29.4 Å². The molecule has 1 aliphatic carbocycles. The van der Waals surface area contributed by atoms with Gasteiger partial charge >= 0.3 is 6.18 Å². The Labute approximate surface area is 248 Å². The number of halogens is 5. The second-order valence-electron chi connectivity index (χ2n) is 9.83. The number of rotatable bonds is 7. The van der Waals surface area contributed by atoms with E-state index in [-0.39, 0.29) is 48.9 Å². The maximum absolute atomic E-state index is 13.5. The quantitative estimate of drug-likeness (QED) is 0.304. The number of nitrogens with zero attached hydrogens (tertiary/aromatic N) is 1. The second-order valence-corrected chi connectivity index (χ2v) is 9.83. The second kappa shape index (κ2) is 13.5. The predicted octanol–water partition coefficient (Wildman–Crippen LogP) is 6.02. The number of benzene rings is 2. The molecule has 2 heterocycles. The van der Waals surface area contributed by atoms with Crippen molar-refractivity contribution in [2.45, 2.75) is 57.8 Å². The molecule has 7 nitrogen and oxygen atoms in total. The topological polar surface area (TPSA) is 92.3 Å². The molecule has 3 aromatic rings. The molecule has 0 radical (unpaired) electrons. The standard InChI is InChI=1S/C29H29F3N4O3.2ClH/c1-2-33-16-17-11-20(13-21(12-17)29(30,31)32)28(38)35-22-5-3-18-4-6-23(15-19(18)14-22)39-25-9-10-34-27-24(25)7-8-26(37)36-27;;/h4,6,9-13,15,22,33H,2-3,5,7-8,14,16H2,1H3,(H,35,38)(H,34,36,37);2*1H/t22-;;/m1../s1. The molecule has 2 aromatic carbocycles. The van der Waals surface area contributed by atoms with E-state index in [0.717, 1.165) is 35.2 Å². The zero-order valence-corrected chi connectivity index (χ0v) is 23.9. The number of fused-ring (bicyclic) bond motifs is 2. The summed E-state index contributed by atoms with van der Waals surface area (Å²) < 4.78 is 46.6. The molecular weight excluding hydrogens is 580 g/mol. The van der Waals surface area contributed by atoms with Crippen molar-refractivity contribution >= 4 is 42.4 Å². The molecule has 2 amide bonds. The molecule has 41 heavy (non-hydrogen) atoms. The van der Waals surface area contributed by atoms with Crippen LogP contribution in [0.15, 0.2) is 48.7 Å². The number of pyridine rings is 1. The average Bonchev–Trinajstić information content (AvgIpc) is 2.91. The van der Waals surface area contributed by atoms with E-state index in [1.807, 2.05) is 25.1 Å². The van der Waals surface area contributed by atoms with E-state index < -0.39 is 17.6 Å². The van der Waals surface area contributed by atoms with Gasteiger partial charge in [-0.05, 0) is 85.3 Å². The van der Waals surface area contributed by atoms with Crippen molar-refractivity contribution in [1.82, 2.24) is 15.6 Å². The number of hydrogen-bond donors (Lipinski definition) is 3. The Bertz CT molecular complexity index is 1420. The van der Waals surface area contributed by atoms with Crippen LogP contribution in [-0.2, 0) is 36.8 Å². The molecule has 0 fully saturated rings. The minimum atomic E-state index is -4.54. The van der Waals surface area contributed by atoms with E-state index in [1.165, 1.54) is 6.07 Å². The fourth-order valence-electron chi connectivity index (χ4n) is 5.03. The summed E-state index contributed by atoms with van der Waals surface area (Å²) in [4.78, 5) is 29.0. The SMILES string of the molecule is CCNCc1cc(C(=O)N[C@@H]2CCc3ccc(Oc4ccnc5c4CCC(=O)N5)cc3C2)cc(C(F)(F)F)c1.Cl.Cl. The number of alkyl halides is 3. The normalized spacial score (nSPS) is 15.8. The first-order valence-electron chi connectivity index (χ1n) is 13.0. The minimum absolute atomic E-state index is 0. The summed E-state index contributed by atoms with van der Waals surface area (Å²) in [5, 5.41) is 8.71. The lowest BCUT2D eigenvalue weighted by molar-refractivity contribution is -0.137. The summed E-state index contributed by atoms with van der Waals surface area (Å²) in [5.41, 5.74) is 2.56. The summed E-state index contributed by atoms with van der Waals surface area (Å²) in [7, 11) is 0. The van der Waals surface area contributed by atoms with Crippen molar-refractivity contribution in [3.63, 3.8) is 0 Å². The summed E-state index contributed by atoms with van der Waals surface area (Å²) in [6, 6.07) is 10.8. The van der Waals surface area contributed by atoms with Crippen LogP contribution in [0.3, 0.4) is 0 Å². The number of aromatic nitrogens is 1. The Balaban J connectivity index is 0.00000231. The number of ether oxygens (including phenoxy) is 1. The highest BCUT2D eigenvalue weighted by Gasteiger charge is 2.32. The third-order valence-corrected chi connectivity index (χ3v) is 7.00. The Morgan fingerprint density at radius 1 is 1.07 bits per heavy atom. The van der Waals surface area contributed by atoms with E-state index in [2.05, 4.69) is 20.9 Å². The highest BCUT2D eigenvalue weighted by molar-refractivity contribution is 5.95. The molecule has 2 aliphatic rings. The lowest BCUT2D eigenvalue weighted by Gasteiger charge is -2.26. The van der Waals surface area contributed by atoms with Gasteiger partial charge in [-0.3, -0.25) is 9.59 Å². The number of nitrogens with one attached hydrogen (secondary N) is 3. The first-order chi connectivity index (χ1) is 18.7. The molecule has 0 bridgehead atoms. The number of aryl methyl sites for hydroxylation is 1. The number of carbonyl (C=O) groups excluding carboxylic acids is 2. The van der Waals surface area contributed by atoms with Gasteiger partial charge in [0.25, 0.3) is 5.91 Å². The molecule has 3 N–H and O–H groups in total. The van der Waals surface area contributed by atoms with Crippen LogP contribution < -0.4 is 20.7 Å². The van der Waals surface area contributed by atoms with Gasteiger partial charge in [-0.2, -0.15) is 13.2 Å². The van der Waals surface area contributed by atoms with Crippen LogP contribution in [0.4, 0.5) is 19.0 Å². The fourth-order valence-corrected chi connectivity index (χ4v) is 5.03. The minimum Gasteiger partial charge on any atom is -0.457 e. The molecule has 0 saturated heterocycles. The van der Waals surface area contributed by atoms with Crippen molar-refractivity contribution < 1.29 is 27.5 Å². The first-order valence-corrected chi connectivity index (χ1v) is 13.0. The molecule has 0 spiro atoms. The van der Waals surface area contributed by atoms with Gasteiger partial charge in [0, 0.05) is 36.3 Å². The van der Waals surface area contributed by atoms with Gasteiger partial charge in [0.15, 0.2) is 0 Å². The molecule has 0 unspecified atom stereocenters. The van der Waals surface area contributed by atoms with Gasteiger partial charge in [-0.15, -0.1) is 24.8 Å². The average molecular weight is 611 g/mol. The highest BCUT2D eigenvalue weighted by Crippen LogP contribution is 2.35. The smallest absolute Gasteiger partial charge is 0.416 e. The van der Waals surface area contributed by atoms with Crippen molar-refractivity contribution in [3.8, 4) is 11.5 Å². The molecule has 1 aromatic heterocycles. The summed E-state index contributed by atoms with van der Waals surface area (Å²) in [6.45, 7) is 2.71. The Morgan fingerprint density at radius 3 is 2.63 bits per heavy atom. The Morgan fingerprint density at radius 2 is 1.88 bits per heavy atom. The summed E-state index contributed by atoms with van der Waals surface area (Å²) in [6.07, 6.45) is -0.117. The first kappa shape index (κ1) is 32.2. The van der Waals surface area contributed by atoms with Gasteiger partial charge in [0.2, 0.25) is 5.91 Å². The van der Waals surface area contributed by atoms with E-state index in [4.69, 9.17) is 4.74 Å². The van der Waals surface area contributed by atoms with Crippen molar-refractivity contribution in [3.05, 3.63) is 82.0 Å². The monoisotopic (exact) mass is 610 g/mol. The lowest BCUT2D eigenvalue weighted by atomic mass is 9.88. The van der Waals surface area contributed by atoms with E-state index in [0.29, 0.717) is 55.1 Å². The largest absolute Gasteiger partial charge is 0.457 e. The lowest BCUT2D eigenvalue weighted by Crippen LogP contribution is -2.39. The van der Waals surface area contributed by atoms with Gasteiger partial charge in [-0.1, -0.05) is 13.0 Å². The number of amides is 2. The van der Waals surface area contributed by atoms with Crippen LogP contribution in [0, 0.1) is 0 Å². The van der Waals surface area contributed by atoms with Crippen molar-refractivity contribution in [2.24, 2.45) is 0 Å². The number of carbonyl (C=O) groups is 2. The Hall–Kier alpha value is -3.34. The highest BCUT2D eigenvalue weighted by atomic mass is 35.5. The predicted molar refractivity (Wildman–Crippen MR) is 154 cm³/mol. The maximum Gasteiger partial charge on any atom is 0.416 e. The Kier molecular flexibility index (Phi) is 10.6. The van der Waals surface area contributed by atoms with Crippen LogP contribution in [0.5, 0.6) is 11.5 Å². The van der Waals surface area contributed by atoms with Crippen LogP contribution >= 0.6 is 24.8 Å². The number of hydrogen-bond acceptors (Lipinski definition) is 5. The molecule has 12 heteroatoms. The summed E-state index contributed by atoms with van der Waals surface area (Å²) in [5.74, 6) is 1.15. The fraction of sp³-hybridized carbons (Fsp3) is 0.345. The van der Waals surface area contributed by atoms with Crippen LogP contribution in [0.25, 0.3) is 0 Å². The van der Waals surface area contributed by atoms with E-state index >= 15 is 0 Å². The third-order valence-electron chi connectivity index (χ3n) is 7.00. The molecular formula is C29H31Cl2F3N4O3. The van der Waals surface area contributed by atoms with E-state index in [1.54, 1.807) is 12.3 Å². The molecule has 0 saturated carbocycles. The van der Waals surface area contributed by atoms with Crippen LogP contribution in [0.2, 0.25) is 0 Å². The zero-order valence-electron chi connectivity index (χ0n) is 22.3. The van der Waals surface area contributed by atoms with E-state index in [9.17, 15) is 22.8 Å². The van der Waals surface area contributed by atoms with Gasteiger partial charge < -0.3 is 20.7 Å². The zero-order chi connectivity index (χ0) is 27.6. The van der Waals surface area contributed by atoms with Gasteiger partial charge in [0.05, 0.1) is 5.56 Å². The van der Waals surface area contributed by atoms with Gasteiger partial charge in [0.1, 0.15) is 17.3 Å². The molecule has 220 valence electrons. The molecule has 1 aliphatic heterocycles. The maximum atomic E-state index is 13.5. The summed E-state index contributed by atoms with van der Waals surface area (Å²) >= 11 is 0. The molecule has 1 atom stereocenters. The molecule has 5 rings (SSSR count). The third kappa shape index (κ3) is 7.69. The van der Waals surface area contributed by atoms with Crippen molar-refractivity contribution in [2.75, 3.05) is 11.9 Å². The van der Waals surface area contributed by atoms with Crippen LogP contribution in [0.1, 0.15) is 57.9 Å². The van der Waals surface area contributed by atoms with Crippen molar-refractivity contribution in [1.29, 1.82) is 0 Å². The number of anilines is 1. The van der Waals surface area contributed by atoms with Gasteiger partial charge in [-0.25, -0.2) is 4.98 Å².